The lowest BCUT2D eigenvalue weighted by Gasteiger charge is -2.33. The Morgan fingerprint density at radius 2 is 2.47 bits per heavy atom. The van der Waals surface area contributed by atoms with Gasteiger partial charge < -0.3 is 9.64 Å². The summed E-state index contributed by atoms with van der Waals surface area (Å²) in [5.41, 5.74) is -0.220. The maximum atomic E-state index is 11.2. The van der Waals surface area contributed by atoms with Crippen molar-refractivity contribution < 1.29 is 9.66 Å². The fraction of sp³-hybridized carbons (Fsp3) is 0.500. The summed E-state index contributed by atoms with van der Waals surface area (Å²) in [7, 11) is 0. The first kappa shape index (κ1) is 13.5. The van der Waals surface area contributed by atoms with Gasteiger partial charge in [-0.05, 0) is 6.92 Å². The Morgan fingerprint density at radius 3 is 3.11 bits per heavy atom. The standard InChI is InChI=1S/C10H11N5O3S/c1-7-4-18-3-2-14(7)9-8(15(16)17)10(19-5-11)13-6-12-9/h6-7H,2-4H2,1H3/t7-/m1/s1. The Kier molecular flexibility index (Phi) is 4.13. The summed E-state index contributed by atoms with van der Waals surface area (Å²) in [4.78, 5) is 20.3. The van der Waals surface area contributed by atoms with E-state index in [0.29, 0.717) is 31.5 Å². The van der Waals surface area contributed by atoms with Crippen LogP contribution in [0.2, 0.25) is 0 Å². The number of nitro groups is 1. The number of thiocyanates is 1. The molecule has 2 heterocycles. The summed E-state index contributed by atoms with van der Waals surface area (Å²) in [5, 5.41) is 21.8. The van der Waals surface area contributed by atoms with Crippen LogP contribution in [0.1, 0.15) is 6.92 Å². The number of hydrogen-bond donors (Lipinski definition) is 0. The molecule has 19 heavy (non-hydrogen) atoms. The van der Waals surface area contributed by atoms with Crippen molar-refractivity contribution in [1.82, 2.24) is 9.97 Å². The molecule has 1 aromatic rings. The molecule has 0 N–H and O–H groups in total. The normalized spacial score (nSPS) is 18.9. The van der Waals surface area contributed by atoms with Gasteiger partial charge in [-0.2, -0.15) is 5.26 Å². The zero-order valence-corrected chi connectivity index (χ0v) is 11.0. The number of thioether (sulfide) groups is 1. The molecule has 0 unspecified atom stereocenters. The summed E-state index contributed by atoms with van der Waals surface area (Å²) in [6.45, 7) is 3.41. The van der Waals surface area contributed by atoms with Crippen LogP contribution < -0.4 is 4.90 Å². The van der Waals surface area contributed by atoms with Crippen LogP contribution in [0.4, 0.5) is 11.5 Å². The highest BCUT2D eigenvalue weighted by Crippen LogP contribution is 2.35. The molecule has 0 amide bonds. The predicted molar refractivity (Wildman–Crippen MR) is 67.8 cm³/mol. The van der Waals surface area contributed by atoms with Gasteiger partial charge >= 0.3 is 5.69 Å². The van der Waals surface area contributed by atoms with Gasteiger partial charge in [-0.15, -0.1) is 0 Å². The number of ether oxygens (including phenoxy) is 1. The van der Waals surface area contributed by atoms with Crippen LogP contribution in [-0.2, 0) is 4.74 Å². The van der Waals surface area contributed by atoms with E-state index in [1.807, 2.05) is 11.8 Å². The second-order valence-electron chi connectivity index (χ2n) is 3.92. The fourth-order valence-electron chi connectivity index (χ4n) is 1.88. The van der Waals surface area contributed by atoms with Crippen molar-refractivity contribution in [3.8, 4) is 5.40 Å². The SMILES string of the molecule is C[C@@H]1COCCN1c1ncnc(SC#N)c1[N+](=O)[O-]. The quantitative estimate of drug-likeness (QED) is 0.267. The Hall–Kier alpha value is -1.92. The van der Waals surface area contributed by atoms with Gasteiger partial charge in [0.1, 0.15) is 11.7 Å². The Morgan fingerprint density at radius 1 is 1.68 bits per heavy atom. The summed E-state index contributed by atoms with van der Waals surface area (Å²) in [5.74, 6) is 0.244. The van der Waals surface area contributed by atoms with Gasteiger partial charge in [0.2, 0.25) is 5.82 Å². The summed E-state index contributed by atoms with van der Waals surface area (Å²) in [6, 6.07) is -0.0118. The topological polar surface area (TPSA) is 105 Å². The first-order valence-corrected chi connectivity index (χ1v) is 6.36. The molecular formula is C10H11N5O3S. The lowest BCUT2D eigenvalue weighted by molar-refractivity contribution is -0.387. The number of nitriles is 1. The van der Waals surface area contributed by atoms with Crippen molar-refractivity contribution in [2.75, 3.05) is 24.7 Å². The lowest BCUT2D eigenvalue weighted by atomic mass is 10.2. The van der Waals surface area contributed by atoms with E-state index in [0.717, 1.165) is 0 Å². The van der Waals surface area contributed by atoms with Crippen LogP contribution in [0.5, 0.6) is 0 Å². The van der Waals surface area contributed by atoms with Crippen molar-refractivity contribution in [2.24, 2.45) is 0 Å². The van der Waals surface area contributed by atoms with Gasteiger partial charge in [0.15, 0.2) is 5.03 Å². The molecule has 1 aliphatic heterocycles. The van der Waals surface area contributed by atoms with Crippen LogP contribution in [0.15, 0.2) is 11.4 Å². The number of rotatable bonds is 3. The average molecular weight is 281 g/mol. The molecule has 0 aliphatic carbocycles. The van der Waals surface area contributed by atoms with Crippen LogP contribution >= 0.6 is 11.8 Å². The van der Waals surface area contributed by atoms with E-state index < -0.39 is 4.92 Å². The van der Waals surface area contributed by atoms with Crippen molar-refractivity contribution in [3.05, 3.63) is 16.4 Å². The Bertz CT molecular complexity index is 532. The molecule has 1 fully saturated rings. The smallest absolute Gasteiger partial charge is 0.344 e. The zero-order valence-electron chi connectivity index (χ0n) is 10.1. The van der Waals surface area contributed by atoms with E-state index in [-0.39, 0.29) is 22.6 Å². The minimum absolute atomic E-state index is 0.0118. The van der Waals surface area contributed by atoms with E-state index >= 15 is 0 Å². The van der Waals surface area contributed by atoms with Gasteiger partial charge in [-0.1, -0.05) is 0 Å². The molecule has 0 saturated carbocycles. The van der Waals surface area contributed by atoms with Crippen LogP contribution in [0.3, 0.4) is 0 Å². The average Bonchev–Trinajstić information content (AvgIpc) is 2.39. The number of morpholine rings is 1. The summed E-state index contributed by atoms with van der Waals surface area (Å²) >= 11 is 0.664. The minimum atomic E-state index is -0.544. The minimum Gasteiger partial charge on any atom is -0.377 e. The van der Waals surface area contributed by atoms with Crippen molar-refractivity contribution >= 4 is 23.3 Å². The molecule has 0 radical (unpaired) electrons. The molecule has 9 heteroatoms. The highest BCUT2D eigenvalue weighted by molar-refractivity contribution is 8.03. The molecule has 0 spiro atoms. The van der Waals surface area contributed by atoms with E-state index in [1.54, 1.807) is 5.40 Å². The third-order valence-corrected chi connectivity index (χ3v) is 3.32. The summed E-state index contributed by atoms with van der Waals surface area (Å²) < 4.78 is 5.30. The monoisotopic (exact) mass is 281 g/mol. The molecule has 2 rings (SSSR count). The van der Waals surface area contributed by atoms with Gasteiger partial charge in [0, 0.05) is 18.3 Å². The number of nitrogens with zero attached hydrogens (tertiary/aromatic N) is 5. The second-order valence-corrected chi connectivity index (χ2v) is 4.69. The molecule has 0 bridgehead atoms. The molecule has 8 nitrogen and oxygen atoms in total. The third kappa shape index (κ3) is 2.74. The van der Waals surface area contributed by atoms with Crippen molar-refractivity contribution in [1.29, 1.82) is 5.26 Å². The first-order valence-electron chi connectivity index (χ1n) is 5.55. The second kappa shape index (κ2) is 5.81. The molecule has 1 aromatic heterocycles. The fourth-order valence-corrected chi connectivity index (χ4v) is 2.33. The molecule has 1 saturated heterocycles. The molecule has 100 valence electrons. The predicted octanol–water partition coefficient (Wildman–Crippen LogP) is 1.18. The molecule has 1 atom stereocenters. The number of aromatic nitrogens is 2. The van der Waals surface area contributed by atoms with E-state index in [2.05, 4.69) is 9.97 Å². The Labute approximate surface area is 113 Å². The number of anilines is 1. The number of hydrogen-bond acceptors (Lipinski definition) is 8. The van der Waals surface area contributed by atoms with E-state index in [4.69, 9.17) is 10.00 Å². The summed E-state index contributed by atoms with van der Waals surface area (Å²) in [6.07, 6.45) is 1.24. The van der Waals surface area contributed by atoms with Gasteiger partial charge in [0.25, 0.3) is 0 Å². The van der Waals surface area contributed by atoms with Crippen LogP contribution in [-0.4, -0.2) is 40.7 Å². The first-order chi connectivity index (χ1) is 9.15. The third-order valence-electron chi connectivity index (χ3n) is 2.73. The van der Waals surface area contributed by atoms with Crippen LogP contribution in [0.25, 0.3) is 0 Å². The van der Waals surface area contributed by atoms with E-state index in [1.165, 1.54) is 6.33 Å². The molecule has 0 aromatic carbocycles. The Balaban J connectivity index is 2.47. The van der Waals surface area contributed by atoms with Gasteiger partial charge in [-0.25, -0.2) is 9.97 Å². The van der Waals surface area contributed by atoms with Gasteiger partial charge in [0.05, 0.1) is 24.2 Å². The van der Waals surface area contributed by atoms with Gasteiger partial charge in [-0.3, -0.25) is 10.1 Å². The van der Waals surface area contributed by atoms with Crippen molar-refractivity contribution in [2.45, 2.75) is 18.0 Å². The highest BCUT2D eigenvalue weighted by Gasteiger charge is 2.31. The maximum Gasteiger partial charge on any atom is 0.344 e. The molecule has 1 aliphatic rings. The van der Waals surface area contributed by atoms with Crippen molar-refractivity contribution in [3.63, 3.8) is 0 Å². The van der Waals surface area contributed by atoms with E-state index in [9.17, 15) is 10.1 Å². The lowest BCUT2D eigenvalue weighted by Crippen LogP contribution is -2.44. The zero-order chi connectivity index (χ0) is 13.8. The van der Waals surface area contributed by atoms with Crippen LogP contribution in [0, 0.1) is 20.8 Å². The highest BCUT2D eigenvalue weighted by atomic mass is 32.2. The maximum absolute atomic E-state index is 11.2. The molecular weight excluding hydrogens is 270 g/mol. The largest absolute Gasteiger partial charge is 0.377 e.